The normalized spacial score (nSPS) is 13.6. The van der Waals surface area contributed by atoms with Gasteiger partial charge in [0.1, 0.15) is 16.5 Å². The number of hydrogen-bond donors (Lipinski definition) is 1. The van der Waals surface area contributed by atoms with E-state index in [1.807, 2.05) is 75.4 Å². The third-order valence-corrected chi connectivity index (χ3v) is 6.75. The van der Waals surface area contributed by atoms with Crippen LogP contribution in [0.5, 0.6) is 0 Å². The Labute approximate surface area is 190 Å². The average molecular weight is 445 g/mol. The first-order chi connectivity index (χ1) is 15.4. The highest BCUT2D eigenvalue weighted by molar-refractivity contribution is 7.90. The number of nitrogens with zero attached hydrogens (tertiary/aromatic N) is 3. The maximum atomic E-state index is 13.1. The molecule has 0 fully saturated rings. The molecule has 4 rings (SSSR count). The molecule has 162 valence electrons. The van der Waals surface area contributed by atoms with Gasteiger partial charge in [0.05, 0.1) is 11.6 Å². The third kappa shape index (κ3) is 4.68. The van der Waals surface area contributed by atoms with E-state index in [1.54, 1.807) is 12.3 Å². The minimum atomic E-state index is -1.30. The first kappa shape index (κ1) is 22.0. The summed E-state index contributed by atoms with van der Waals surface area (Å²) < 4.78 is 21.5. The van der Waals surface area contributed by atoms with Crippen molar-refractivity contribution in [2.75, 3.05) is 0 Å². The molecule has 0 radical (unpaired) electrons. The number of hydrogen-bond acceptors (Lipinski definition) is 6. The van der Waals surface area contributed by atoms with E-state index in [0.29, 0.717) is 17.6 Å². The van der Waals surface area contributed by atoms with Gasteiger partial charge in [-0.3, -0.25) is 4.98 Å². The third-order valence-electron chi connectivity index (χ3n) is 5.14. The van der Waals surface area contributed by atoms with E-state index in [9.17, 15) is 4.55 Å². The van der Waals surface area contributed by atoms with Gasteiger partial charge in [0.25, 0.3) is 0 Å². The molecule has 0 amide bonds. The first-order valence-electron chi connectivity index (χ1n) is 10.3. The van der Waals surface area contributed by atoms with Crippen LogP contribution in [0.1, 0.15) is 43.6 Å². The SMILES string of the molecule is CC(C)(C)[S@+]([O-])NC(Cc1ccc(C#N)cn1)c1ccccc1-c1noc2ccccc12. The molecule has 0 spiro atoms. The standard InChI is InChI=1S/C25H24N4O2S/c1-25(2,3)32(30)29-22(14-18-13-12-17(15-26)16-27-18)19-8-4-5-9-20(19)24-21-10-6-7-11-23(21)31-28-24/h4-13,16,22,29H,14H2,1-3H3/t22?,32-/m0/s1. The summed E-state index contributed by atoms with van der Waals surface area (Å²) in [4.78, 5) is 4.43. The molecule has 0 aliphatic carbocycles. The van der Waals surface area contributed by atoms with E-state index in [0.717, 1.165) is 27.9 Å². The fraction of sp³-hybridized carbons (Fsp3) is 0.240. The molecule has 7 heteroatoms. The maximum absolute atomic E-state index is 13.1. The number of fused-ring (bicyclic) bond motifs is 1. The van der Waals surface area contributed by atoms with Gasteiger partial charge in [0.2, 0.25) is 0 Å². The van der Waals surface area contributed by atoms with Crippen LogP contribution in [-0.2, 0) is 17.8 Å². The number of nitrogens with one attached hydrogen (secondary N) is 1. The Kier molecular flexibility index (Phi) is 6.28. The number of aromatic nitrogens is 2. The summed E-state index contributed by atoms with van der Waals surface area (Å²) in [5.41, 5.74) is 4.63. The average Bonchev–Trinajstić information content (AvgIpc) is 3.22. The van der Waals surface area contributed by atoms with E-state index in [1.165, 1.54) is 0 Å². The highest BCUT2D eigenvalue weighted by Gasteiger charge is 2.31. The topological polar surface area (TPSA) is 97.8 Å². The second kappa shape index (κ2) is 9.13. The zero-order valence-electron chi connectivity index (χ0n) is 18.2. The molecule has 4 aromatic rings. The highest BCUT2D eigenvalue weighted by Crippen LogP contribution is 2.34. The lowest BCUT2D eigenvalue weighted by Crippen LogP contribution is -2.42. The van der Waals surface area contributed by atoms with Gasteiger partial charge in [0.15, 0.2) is 5.58 Å². The molecule has 0 aliphatic heterocycles. The van der Waals surface area contributed by atoms with Gasteiger partial charge >= 0.3 is 0 Å². The molecular formula is C25H24N4O2S. The molecule has 0 bridgehead atoms. The molecule has 2 atom stereocenters. The fourth-order valence-corrected chi connectivity index (χ4v) is 4.26. The van der Waals surface area contributed by atoms with Gasteiger partial charge < -0.3 is 9.08 Å². The van der Waals surface area contributed by atoms with Crippen LogP contribution in [0.15, 0.2) is 71.4 Å². The van der Waals surface area contributed by atoms with Crippen molar-refractivity contribution in [3.05, 3.63) is 83.7 Å². The van der Waals surface area contributed by atoms with Crippen molar-refractivity contribution in [3.63, 3.8) is 0 Å². The minimum absolute atomic E-state index is 0.290. The molecule has 2 aromatic heterocycles. The summed E-state index contributed by atoms with van der Waals surface area (Å²) in [6.45, 7) is 5.80. The van der Waals surface area contributed by atoms with Crippen LogP contribution in [0.25, 0.3) is 22.2 Å². The van der Waals surface area contributed by atoms with Crippen LogP contribution in [0.3, 0.4) is 0 Å². The summed E-state index contributed by atoms with van der Waals surface area (Å²) in [7, 11) is 0. The van der Waals surface area contributed by atoms with E-state index in [4.69, 9.17) is 9.78 Å². The Balaban J connectivity index is 1.78. The van der Waals surface area contributed by atoms with Crippen LogP contribution in [-0.4, -0.2) is 19.4 Å². The van der Waals surface area contributed by atoms with Crippen molar-refractivity contribution in [2.45, 2.75) is 38.0 Å². The first-order valence-corrected chi connectivity index (χ1v) is 11.5. The lowest BCUT2D eigenvalue weighted by molar-refractivity contribution is 0.459. The fourth-order valence-electron chi connectivity index (χ4n) is 3.44. The molecular weight excluding hydrogens is 420 g/mol. The van der Waals surface area contributed by atoms with Crippen LogP contribution < -0.4 is 4.72 Å². The summed E-state index contributed by atoms with van der Waals surface area (Å²) in [6, 6.07) is 21.1. The monoisotopic (exact) mass is 444 g/mol. The Hall–Kier alpha value is -3.18. The van der Waals surface area contributed by atoms with Crippen LogP contribution in [0.4, 0.5) is 0 Å². The smallest absolute Gasteiger partial charge is 0.167 e. The molecule has 1 unspecified atom stereocenters. The number of pyridine rings is 1. The van der Waals surface area contributed by atoms with Crippen LogP contribution in [0, 0.1) is 11.3 Å². The van der Waals surface area contributed by atoms with Crippen LogP contribution in [0.2, 0.25) is 0 Å². The number of para-hydroxylation sites is 1. The predicted molar refractivity (Wildman–Crippen MR) is 126 cm³/mol. The second-order valence-corrected chi connectivity index (χ2v) is 10.5. The Morgan fingerprint density at radius 3 is 2.56 bits per heavy atom. The van der Waals surface area contributed by atoms with Crippen molar-refractivity contribution in [2.24, 2.45) is 0 Å². The Morgan fingerprint density at radius 2 is 1.84 bits per heavy atom. The molecule has 0 saturated heterocycles. The summed E-state index contributed by atoms with van der Waals surface area (Å²) in [5, 5.41) is 14.3. The van der Waals surface area contributed by atoms with Gasteiger partial charge in [-0.05, 0) is 50.6 Å². The lowest BCUT2D eigenvalue weighted by Gasteiger charge is -2.29. The zero-order valence-corrected chi connectivity index (χ0v) is 19.0. The summed E-state index contributed by atoms with van der Waals surface area (Å²) in [5.74, 6) is 0. The maximum Gasteiger partial charge on any atom is 0.167 e. The predicted octanol–water partition coefficient (Wildman–Crippen LogP) is 5.10. The van der Waals surface area contributed by atoms with E-state index >= 15 is 0 Å². The molecule has 2 aromatic carbocycles. The highest BCUT2D eigenvalue weighted by atomic mass is 32.2. The van der Waals surface area contributed by atoms with Crippen LogP contribution >= 0.6 is 0 Å². The molecule has 6 nitrogen and oxygen atoms in total. The number of nitriles is 1. The molecule has 2 heterocycles. The van der Waals surface area contributed by atoms with E-state index in [2.05, 4.69) is 20.9 Å². The van der Waals surface area contributed by atoms with Crippen molar-refractivity contribution in [3.8, 4) is 17.3 Å². The number of benzene rings is 2. The minimum Gasteiger partial charge on any atom is -0.598 e. The van der Waals surface area contributed by atoms with Crippen molar-refractivity contribution in [1.82, 2.24) is 14.9 Å². The molecule has 1 N–H and O–H groups in total. The second-order valence-electron chi connectivity index (χ2n) is 8.52. The molecule has 0 aliphatic rings. The van der Waals surface area contributed by atoms with Gasteiger partial charge in [-0.1, -0.05) is 41.6 Å². The zero-order chi connectivity index (χ0) is 22.7. The van der Waals surface area contributed by atoms with Gasteiger partial charge in [-0.2, -0.15) is 5.26 Å². The van der Waals surface area contributed by atoms with E-state index < -0.39 is 16.1 Å². The molecule has 32 heavy (non-hydrogen) atoms. The molecule has 0 saturated carbocycles. The van der Waals surface area contributed by atoms with Gasteiger partial charge in [0, 0.05) is 40.6 Å². The quantitative estimate of drug-likeness (QED) is 0.416. The van der Waals surface area contributed by atoms with Gasteiger partial charge in [-0.15, -0.1) is 4.72 Å². The van der Waals surface area contributed by atoms with Crippen molar-refractivity contribution >= 4 is 22.3 Å². The number of rotatable bonds is 6. The van der Waals surface area contributed by atoms with Crippen molar-refractivity contribution < 1.29 is 9.08 Å². The Bertz CT molecular complexity index is 1260. The largest absolute Gasteiger partial charge is 0.598 e. The van der Waals surface area contributed by atoms with Gasteiger partial charge in [-0.25, -0.2) is 0 Å². The van der Waals surface area contributed by atoms with E-state index in [-0.39, 0.29) is 6.04 Å². The summed E-state index contributed by atoms with van der Waals surface area (Å²) >= 11 is -1.30. The summed E-state index contributed by atoms with van der Waals surface area (Å²) in [6.07, 6.45) is 2.06. The lowest BCUT2D eigenvalue weighted by atomic mass is 9.94. The van der Waals surface area contributed by atoms with Crippen molar-refractivity contribution in [1.29, 1.82) is 5.26 Å². The Morgan fingerprint density at radius 1 is 1.09 bits per heavy atom.